The third-order valence-corrected chi connectivity index (χ3v) is 8.59. The molecular formula is C27H34N2O4S. The fourth-order valence-corrected chi connectivity index (χ4v) is 5.87. The second kappa shape index (κ2) is 9.29. The maximum absolute atomic E-state index is 13.7. The number of nitrogens with zero attached hydrogens (tertiary/aromatic N) is 1. The molecule has 6 nitrogen and oxygen atoms in total. The van der Waals surface area contributed by atoms with Gasteiger partial charge >= 0.3 is 0 Å². The Labute approximate surface area is 202 Å². The number of sulfonamides is 1. The van der Waals surface area contributed by atoms with Gasteiger partial charge < -0.3 is 9.72 Å². The number of H-pyrrole nitrogens is 1. The van der Waals surface area contributed by atoms with Crippen LogP contribution in [-0.2, 0) is 26.7 Å². The number of pyridine rings is 1. The largest absolute Gasteiger partial charge is 0.377 e. The lowest BCUT2D eigenvalue weighted by molar-refractivity contribution is 0.0925. The summed E-state index contributed by atoms with van der Waals surface area (Å²) in [6, 6.07) is 12.8. The lowest BCUT2D eigenvalue weighted by atomic mass is 9.87. The van der Waals surface area contributed by atoms with Crippen molar-refractivity contribution >= 4 is 20.9 Å². The normalized spacial score (nSPS) is 17.1. The van der Waals surface area contributed by atoms with Crippen molar-refractivity contribution in [3.8, 4) is 0 Å². The average molecular weight is 483 g/mol. The number of nitrogens with one attached hydrogen (secondary N) is 1. The van der Waals surface area contributed by atoms with E-state index in [1.54, 1.807) is 18.2 Å². The molecule has 4 rings (SSSR count). The molecule has 2 heterocycles. The van der Waals surface area contributed by atoms with Crippen molar-refractivity contribution in [2.75, 3.05) is 13.2 Å². The van der Waals surface area contributed by atoms with E-state index < -0.39 is 10.0 Å². The molecule has 0 amide bonds. The molecule has 0 bridgehead atoms. The van der Waals surface area contributed by atoms with Gasteiger partial charge in [-0.05, 0) is 72.4 Å². The summed E-state index contributed by atoms with van der Waals surface area (Å²) in [6.07, 6.45) is 1.54. The first-order valence-electron chi connectivity index (χ1n) is 11.8. The molecule has 7 heteroatoms. The monoisotopic (exact) mass is 482 g/mol. The molecule has 3 aromatic rings. The van der Waals surface area contributed by atoms with Gasteiger partial charge in [0.1, 0.15) is 0 Å². The Balaban J connectivity index is 1.72. The summed E-state index contributed by atoms with van der Waals surface area (Å²) in [6.45, 7) is 11.1. The summed E-state index contributed by atoms with van der Waals surface area (Å²) < 4.78 is 34.6. The predicted molar refractivity (Wildman–Crippen MR) is 136 cm³/mol. The third-order valence-electron chi connectivity index (χ3n) is 6.76. The summed E-state index contributed by atoms with van der Waals surface area (Å²) >= 11 is 0. The van der Waals surface area contributed by atoms with Crippen LogP contribution in [0, 0.1) is 13.8 Å². The van der Waals surface area contributed by atoms with Crippen molar-refractivity contribution in [1.29, 1.82) is 0 Å². The molecule has 1 aromatic heterocycles. The number of benzene rings is 2. The van der Waals surface area contributed by atoms with E-state index in [-0.39, 0.29) is 35.1 Å². The number of fused-ring (bicyclic) bond motifs is 1. The second-order valence-electron chi connectivity index (χ2n) is 10.3. The third kappa shape index (κ3) is 4.97. The Bertz CT molecular complexity index is 1350. The van der Waals surface area contributed by atoms with Crippen molar-refractivity contribution < 1.29 is 13.2 Å². The molecule has 34 heavy (non-hydrogen) atoms. The highest BCUT2D eigenvalue weighted by molar-refractivity contribution is 7.89. The van der Waals surface area contributed by atoms with Crippen LogP contribution < -0.4 is 5.56 Å². The van der Waals surface area contributed by atoms with Crippen LogP contribution in [0.3, 0.4) is 0 Å². The second-order valence-corrected chi connectivity index (χ2v) is 12.2. The maximum Gasteiger partial charge on any atom is 0.252 e. The minimum absolute atomic E-state index is 0.0125. The fourth-order valence-electron chi connectivity index (χ4n) is 4.42. The van der Waals surface area contributed by atoms with Gasteiger partial charge in [0, 0.05) is 25.3 Å². The zero-order valence-corrected chi connectivity index (χ0v) is 21.5. The van der Waals surface area contributed by atoms with Crippen LogP contribution in [0.5, 0.6) is 0 Å². The molecule has 0 saturated carbocycles. The van der Waals surface area contributed by atoms with Gasteiger partial charge in [-0.25, -0.2) is 8.42 Å². The standard InChI is InChI=1S/C27H34N2O4S/c1-18-8-9-20-15-21(26(30)28-25(20)19(18)2)16-29(17-23-7-6-14-33-23)34(31,32)24-12-10-22(11-13-24)27(3,4)5/h8-13,15,23H,6-7,14,16-17H2,1-5H3,(H,28,30). The zero-order valence-electron chi connectivity index (χ0n) is 20.6. The quantitative estimate of drug-likeness (QED) is 0.547. The molecule has 0 radical (unpaired) electrons. The summed E-state index contributed by atoms with van der Waals surface area (Å²) in [5, 5.41) is 0.890. The summed E-state index contributed by atoms with van der Waals surface area (Å²) in [5.74, 6) is 0. The lowest BCUT2D eigenvalue weighted by Crippen LogP contribution is -2.38. The maximum atomic E-state index is 13.7. The minimum atomic E-state index is -3.83. The van der Waals surface area contributed by atoms with Crippen molar-refractivity contribution in [2.45, 2.75) is 70.4 Å². The van der Waals surface area contributed by atoms with E-state index in [0.717, 1.165) is 40.4 Å². The van der Waals surface area contributed by atoms with Gasteiger partial charge in [0.05, 0.1) is 16.5 Å². The molecule has 2 aromatic carbocycles. The van der Waals surface area contributed by atoms with E-state index >= 15 is 0 Å². The molecular weight excluding hydrogens is 448 g/mol. The molecule has 1 atom stereocenters. The van der Waals surface area contributed by atoms with Crippen LogP contribution in [0.4, 0.5) is 0 Å². The molecule has 1 fully saturated rings. The molecule has 1 aliphatic rings. The molecule has 1 aliphatic heterocycles. The van der Waals surface area contributed by atoms with Gasteiger partial charge in [0.2, 0.25) is 10.0 Å². The first-order chi connectivity index (χ1) is 16.0. The Morgan fingerprint density at radius 2 is 1.79 bits per heavy atom. The highest BCUT2D eigenvalue weighted by Crippen LogP contribution is 2.27. The van der Waals surface area contributed by atoms with E-state index in [4.69, 9.17) is 4.74 Å². The summed E-state index contributed by atoms with van der Waals surface area (Å²) in [4.78, 5) is 16.2. The van der Waals surface area contributed by atoms with Gasteiger partial charge in [0.25, 0.3) is 5.56 Å². The number of hydrogen-bond donors (Lipinski definition) is 1. The van der Waals surface area contributed by atoms with Gasteiger partial charge in [-0.3, -0.25) is 4.79 Å². The molecule has 182 valence electrons. The number of ether oxygens (including phenoxy) is 1. The molecule has 0 spiro atoms. The van der Waals surface area contributed by atoms with Crippen LogP contribution in [0.1, 0.15) is 55.9 Å². The number of aromatic amines is 1. The Morgan fingerprint density at radius 1 is 1.09 bits per heavy atom. The highest BCUT2D eigenvalue weighted by atomic mass is 32.2. The van der Waals surface area contributed by atoms with Gasteiger partial charge in [-0.2, -0.15) is 4.31 Å². The van der Waals surface area contributed by atoms with E-state index in [0.29, 0.717) is 12.2 Å². The number of aryl methyl sites for hydroxylation is 2. The van der Waals surface area contributed by atoms with Crippen molar-refractivity contribution in [3.63, 3.8) is 0 Å². The number of aromatic nitrogens is 1. The molecule has 1 N–H and O–H groups in total. The Morgan fingerprint density at radius 3 is 2.41 bits per heavy atom. The van der Waals surface area contributed by atoms with Crippen molar-refractivity contribution in [2.24, 2.45) is 0 Å². The average Bonchev–Trinajstić information content (AvgIpc) is 3.30. The van der Waals surface area contributed by atoms with Crippen molar-refractivity contribution in [3.05, 3.63) is 75.1 Å². The van der Waals surface area contributed by atoms with Crippen molar-refractivity contribution in [1.82, 2.24) is 9.29 Å². The topological polar surface area (TPSA) is 79.5 Å². The molecule has 1 saturated heterocycles. The fraction of sp³-hybridized carbons (Fsp3) is 0.444. The van der Waals surface area contributed by atoms with Crippen LogP contribution in [0.15, 0.2) is 52.2 Å². The van der Waals surface area contributed by atoms with Crippen LogP contribution in [0.25, 0.3) is 10.9 Å². The summed E-state index contributed by atoms with van der Waals surface area (Å²) in [5.41, 5.74) is 4.05. The van der Waals surface area contributed by atoms with E-state index in [1.807, 2.05) is 38.1 Å². The van der Waals surface area contributed by atoms with E-state index in [9.17, 15) is 13.2 Å². The number of hydrogen-bond acceptors (Lipinski definition) is 4. The first-order valence-corrected chi connectivity index (χ1v) is 13.3. The van der Waals surface area contributed by atoms with E-state index in [1.165, 1.54) is 4.31 Å². The molecule has 0 aliphatic carbocycles. The summed E-state index contributed by atoms with van der Waals surface area (Å²) in [7, 11) is -3.83. The van der Waals surface area contributed by atoms with Crippen LogP contribution in [0.2, 0.25) is 0 Å². The van der Waals surface area contributed by atoms with Gasteiger partial charge in [0.15, 0.2) is 0 Å². The SMILES string of the molecule is Cc1ccc2cc(CN(CC3CCCO3)S(=O)(=O)c3ccc(C(C)(C)C)cc3)c(=O)[nH]c2c1C. The van der Waals surface area contributed by atoms with Crippen LogP contribution in [-0.4, -0.2) is 37.0 Å². The van der Waals surface area contributed by atoms with Gasteiger partial charge in [-0.15, -0.1) is 0 Å². The smallest absolute Gasteiger partial charge is 0.252 e. The Kier molecular flexibility index (Phi) is 6.73. The first kappa shape index (κ1) is 24.6. The van der Waals surface area contributed by atoms with Crippen LogP contribution >= 0.6 is 0 Å². The Hall–Kier alpha value is -2.48. The van der Waals surface area contributed by atoms with Gasteiger partial charge in [-0.1, -0.05) is 45.0 Å². The highest BCUT2D eigenvalue weighted by Gasteiger charge is 2.30. The minimum Gasteiger partial charge on any atom is -0.377 e. The lowest BCUT2D eigenvalue weighted by Gasteiger charge is -2.25. The predicted octanol–water partition coefficient (Wildman–Crippen LogP) is 4.81. The molecule has 1 unspecified atom stereocenters. The zero-order chi connectivity index (χ0) is 24.7. The van der Waals surface area contributed by atoms with E-state index in [2.05, 4.69) is 25.8 Å². The number of rotatable bonds is 6.